The topological polar surface area (TPSA) is 46.9 Å². The predicted octanol–water partition coefficient (Wildman–Crippen LogP) is 3.35. The first kappa shape index (κ1) is 16.9. The van der Waals surface area contributed by atoms with Crippen LogP contribution in [0, 0.1) is 12.7 Å². The molecular weight excluding hydrogens is 317 g/mol. The molecule has 0 aliphatic heterocycles. The minimum Gasteiger partial charge on any atom is -0.352 e. The number of halogens is 1. The average molecular weight is 337 g/mol. The number of benzene rings is 2. The van der Waals surface area contributed by atoms with Crippen LogP contribution in [0.25, 0.3) is 0 Å². The summed E-state index contributed by atoms with van der Waals surface area (Å²) in [5.41, 5.74) is 2.05. The van der Waals surface area contributed by atoms with E-state index in [0.717, 1.165) is 12.4 Å². The van der Waals surface area contributed by atoms with E-state index in [1.165, 1.54) is 11.6 Å². The van der Waals surface area contributed by atoms with E-state index in [1.807, 2.05) is 24.4 Å². The van der Waals surface area contributed by atoms with Crippen molar-refractivity contribution in [3.8, 4) is 0 Å². The maximum absolute atomic E-state index is 13.6. The van der Waals surface area contributed by atoms with Gasteiger partial charge in [0.2, 0.25) is 0 Å². The van der Waals surface area contributed by atoms with Gasteiger partial charge in [-0.3, -0.25) is 4.79 Å². The van der Waals surface area contributed by atoms with Gasteiger partial charge in [0.1, 0.15) is 11.6 Å². The first-order valence-electron chi connectivity index (χ1n) is 8.22. The Balaban J connectivity index is 1.56. The van der Waals surface area contributed by atoms with Gasteiger partial charge in [-0.15, -0.1) is 0 Å². The maximum atomic E-state index is 13.6. The highest BCUT2D eigenvalue weighted by molar-refractivity contribution is 5.94. The number of carbonyl (C=O) groups is 1. The zero-order valence-corrected chi connectivity index (χ0v) is 14.1. The molecule has 0 aliphatic carbocycles. The molecule has 1 N–H and O–H groups in total. The highest BCUT2D eigenvalue weighted by Crippen LogP contribution is 2.09. The third kappa shape index (κ3) is 4.32. The predicted molar refractivity (Wildman–Crippen MR) is 94.9 cm³/mol. The van der Waals surface area contributed by atoms with E-state index in [2.05, 4.69) is 27.0 Å². The fourth-order valence-electron chi connectivity index (χ4n) is 2.62. The highest BCUT2D eigenvalue weighted by atomic mass is 19.1. The first-order chi connectivity index (χ1) is 12.1. The van der Waals surface area contributed by atoms with E-state index in [4.69, 9.17) is 0 Å². The Kier molecular flexibility index (Phi) is 5.23. The van der Waals surface area contributed by atoms with E-state index >= 15 is 0 Å². The second-order valence-corrected chi connectivity index (χ2v) is 5.93. The standard InChI is InChI=1S/C20H20FN3O/c1-15-7-8-17(13-18(15)21)20(25)23-10-9-19-22-11-12-24(19)14-16-5-3-2-4-6-16/h2-8,11-13H,9-10,14H2,1H3,(H,23,25). The van der Waals surface area contributed by atoms with Crippen LogP contribution in [0.2, 0.25) is 0 Å². The Morgan fingerprint density at radius 3 is 2.76 bits per heavy atom. The van der Waals surface area contributed by atoms with Gasteiger partial charge in [0.15, 0.2) is 0 Å². The molecule has 0 atom stereocenters. The summed E-state index contributed by atoms with van der Waals surface area (Å²) < 4.78 is 15.6. The van der Waals surface area contributed by atoms with Gasteiger partial charge in [0.05, 0.1) is 0 Å². The minimum absolute atomic E-state index is 0.278. The first-order valence-corrected chi connectivity index (χ1v) is 8.22. The molecule has 0 unspecified atom stereocenters. The number of carbonyl (C=O) groups excluding carboxylic acids is 1. The van der Waals surface area contributed by atoms with Crippen molar-refractivity contribution in [1.82, 2.24) is 14.9 Å². The largest absolute Gasteiger partial charge is 0.352 e. The molecule has 0 fully saturated rings. The van der Waals surface area contributed by atoms with Crippen LogP contribution >= 0.6 is 0 Å². The second kappa shape index (κ2) is 7.75. The van der Waals surface area contributed by atoms with Crippen molar-refractivity contribution < 1.29 is 9.18 Å². The van der Waals surface area contributed by atoms with Crippen LogP contribution in [0.1, 0.15) is 27.3 Å². The van der Waals surface area contributed by atoms with Gasteiger partial charge in [-0.25, -0.2) is 9.37 Å². The molecule has 0 saturated heterocycles. The van der Waals surface area contributed by atoms with E-state index in [1.54, 1.807) is 25.3 Å². The monoisotopic (exact) mass is 337 g/mol. The normalized spacial score (nSPS) is 10.6. The van der Waals surface area contributed by atoms with Crippen molar-refractivity contribution in [2.75, 3.05) is 6.54 Å². The van der Waals surface area contributed by atoms with Gasteiger partial charge < -0.3 is 9.88 Å². The van der Waals surface area contributed by atoms with Crippen LogP contribution in [0.4, 0.5) is 4.39 Å². The summed E-state index contributed by atoms with van der Waals surface area (Å²) in [6.45, 7) is 2.86. The van der Waals surface area contributed by atoms with Crippen molar-refractivity contribution in [2.24, 2.45) is 0 Å². The van der Waals surface area contributed by atoms with E-state index in [9.17, 15) is 9.18 Å². The van der Waals surface area contributed by atoms with E-state index < -0.39 is 0 Å². The van der Waals surface area contributed by atoms with Gasteiger partial charge in [-0.05, 0) is 30.2 Å². The Bertz CT molecular complexity index is 858. The number of rotatable bonds is 6. The Morgan fingerprint density at radius 2 is 2.00 bits per heavy atom. The fraction of sp³-hybridized carbons (Fsp3) is 0.200. The Hall–Kier alpha value is -2.95. The molecule has 5 heteroatoms. The SMILES string of the molecule is Cc1ccc(C(=O)NCCc2nccn2Cc2ccccc2)cc1F. The molecule has 0 radical (unpaired) electrons. The summed E-state index contributed by atoms with van der Waals surface area (Å²) in [6.07, 6.45) is 4.30. The number of nitrogens with one attached hydrogen (secondary N) is 1. The van der Waals surface area contributed by atoms with Gasteiger partial charge in [0, 0.05) is 37.5 Å². The zero-order chi connectivity index (χ0) is 17.6. The van der Waals surface area contributed by atoms with Crippen LogP contribution in [0.15, 0.2) is 60.9 Å². The van der Waals surface area contributed by atoms with Crippen molar-refractivity contribution in [2.45, 2.75) is 19.9 Å². The summed E-state index contributed by atoms with van der Waals surface area (Å²) in [7, 11) is 0. The molecule has 1 aromatic heterocycles. The van der Waals surface area contributed by atoms with Crippen molar-refractivity contribution in [1.29, 1.82) is 0 Å². The summed E-state index contributed by atoms with van der Waals surface area (Å²) in [4.78, 5) is 16.5. The number of nitrogens with zero attached hydrogens (tertiary/aromatic N) is 2. The lowest BCUT2D eigenvalue weighted by Crippen LogP contribution is -2.26. The van der Waals surface area contributed by atoms with Gasteiger partial charge in [-0.1, -0.05) is 36.4 Å². The summed E-state index contributed by atoms with van der Waals surface area (Å²) in [5.74, 6) is 0.255. The van der Waals surface area contributed by atoms with Crippen LogP contribution in [0.3, 0.4) is 0 Å². The summed E-state index contributed by atoms with van der Waals surface area (Å²) >= 11 is 0. The van der Waals surface area contributed by atoms with Crippen molar-refractivity contribution in [3.05, 3.63) is 89.3 Å². The molecule has 128 valence electrons. The maximum Gasteiger partial charge on any atom is 0.251 e. The number of amides is 1. The van der Waals surface area contributed by atoms with Crippen molar-refractivity contribution in [3.63, 3.8) is 0 Å². The number of hydrogen-bond acceptors (Lipinski definition) is 2. The molecule has 0 saturated carbocycles. The molecular formula is C20H20FN3O. The minimum atomic E-state index is -0.369. The van der Waals surface area contributed by atoms with E-state index in [0.29, 0.717) is 24.1 Å². The number of aromatic nitrogens is 2. The van der Waals surface area contributed by atoms with Crippen LogP contribution in [-0.2, 0) is 13.0 Å². The molecule has 0 aliphatic rings. The molecule has 1 amide bonds. The van der Waals surface area contributed by atoms with Gasteiger partial charge >= 0.3 is 0 Å². The highest BCUT2D eigenvalue weighted by Gasteiger charge is 2.09. The smallest absolute Gasteiger partial charge is 0.251 e. The fourth-order valence-corrected chi connectivity index (χ4v) is 2.62. The third-order valence-electron chi connectivity index (χ3n) is 4.07. The lowest BCUT2D eigenvalue weighted by Gasteiger charge is -2.09. The van der Waals surface area contributed by atoms with Crippen LogP contribution in [0.5, 0.6) is 0 Å². The quantitative estimate of drug-likeness (QED) is 0.750. The molecule has 3 rings (SSSR count). The molecule has 2 aromatic carbocycles. The third-order valence-corrected chi connectivity index (χ3v) is 4.07. The Morgan fingerprint density at radius 1 is 1.20 bits per heavy atom. The van der Waals surface area contributed by atoms with Crippen LogP contribution in [-0.4, -0.2) is 22.0 Å². The number of imidazole rings is 1. The molecule has 4 nitrogen and oxygen atoms in total. The molecule has 25 heavy (non-hydrogen) atoms. The average Bonchev–Trinajstić information content (AvgIpc) is 3.05. The lowest BCUT2D eigenvalue weighted by atomic mass is 10.1. The molecule has 0 bridgehead atoms. The second-order valence-electron chi connectivity index (χ2n) is 5.93. The van der Waals surface area contributed by atoms with Gasteiger partial charge in [0.25, 0.3) is 5.91 Å². The van der Waals surface area contributed by atoms with Crippen molar-refractivity contribution >= 4 is 5.91 Å². The molecule has 3 aromatic rings. The molecule has 0 spiro atoms. The zero-order valence-electron chi connectivity index (χ0n) is 14.1. The Labute approximate surface area is 146 Å². The summed E-state index contributed by atoms with van der Waals surface area (Å²) in [5, 5.41) is 2.82. The van der Waals surface area contributed by atoms with Gasteiger partial charge in [-0.2, -0.15) is 0 Å². The van der Waals surface area contributed by atoms with E-state index in [-0.39, 0.29) is 11.7 Å². The van der Waals surface area contributed by atoms with Crippen LogP contribution < -0.4 is 5.32 Å². The summed E-state index contributed by atoms with van der Waals surface area (Å²) in [6, 6.07) is 14.6. The number of aryl methyl sites for hydroxylation is 1. The number of hydrogen-bond donors (Lipinski definition) is 1. The lowest BCUT2D eigenvalue weighted by molar-refractivity contribution is 0.0953. The molecule has 1 heterocycles.